The summed E-state index contributed by atoms with van der Waals surface area (Å²) in [6, 6.07) is 7.72. The van der Waals surface area contributed by atoms with Crippen LogP contribution in [0.5, 0.6) is 11.5 Å². The van der Waals surface area contributed by atoms with Crippen molar-refractivity contribution in [2.75, 3.05) is 6.79 Å². The number of benzene rings is 2. The SMILES string of the molecule is CCc1nc2c(C)c(C(C)C)[nH]n2c(=O)c1-c1c(C)[nH]n2c(-c3cnccn3)nnc12.Cc1[nH]n2c(=O)c3cc4c(cc3nc2c1C)OCO4.Cc1c(C(C)C)nc2c(C(=O)OC(C)C)c(C(C)C)[nH]n2c1=O.Cc1cc(C)c(-c2nc3c(C)c(C)[nH]n3c(=O)c2C)c(C)c1. The average molecular weight is 1290 g/mol. The number of H-pyrrole nitrogens is 5. The lowest BCUT2D eigenvalue weighted by Crippen LogP contribution is -2.22. The minimum absolute atomic E-state index is 0.0319. The number of aromatic nitrogens is 18. The van der Waals surface area contributed by atoms with Crippen molar-refractivity contribution in [2.24, 2.45) is 0 Å². The summed E-state index contributed by atoms with van der Waals surface area (Å²) >= 11 is 0. The molecule has 0 atom stereocenters. The van der Waals surface area contributed by atoms with Crippen LogP contribution in [0.1, 0.15) is 175 Å². The van der Waals surface area contributed by atoms with Crippen LogP contribution in [-0.2, 0) is 11.2 Å². The molecule has 12 heterocycles. The van der Waals surface area contributed by atoms with E-state index >= 15 is 0 Å². The number of nitrogens with zero attached hydrogens (tertiary/aromatic N) is 13. The number of fused-ring (bicyclic) bond motifs is 7. The van der Waals surface area contributed by atoms with E-state index in [2.05, 4.69) is 102 Å². The molecule has 0 radical (unpaired) electrons. The van der Waals surface area contributed by atoms with Gasteiger partial charge in [-0.1, -0.05) is 66.2 Å². The first-order valence-corrected chi connectivity index (χ1v) is 31.7. The third kappa shape index (κ3) is 11.5. The van der Waals surface area contributed by atoms with E-state index in [1.807, 2.05) is 83.1 Å². The highest BCUT2D eigenvalue weighted by molar-refractivity contribution is 5.97. The van der Waals surface area contributed by atoms with Gasteiger partial charge in [0.15, 0.2) is 39.7 Å². The number of aromatic amines is 5. The fourth-order valence-electron chi connectivity index (χ4n) is 12.3. The van der Waals surface area contributed by atoms with E-state index in [1.165, 1.54) is 14.6 Å². The first-order chi connectivity index (χ1) is 45.0. The zero-order valence-corrected chi connectivity index (χ0v) is 57.3. The zero-order valence-electron chi connectivity index (χ0n) is 57.3. The smallest absolute Gasteiger partial charge is 0.344 e. The number of aryl methyl sites for hydroxylation is 10. The van der Waals surface area contributed by atoms with Crippen molar-refractivity contribution in [2.45, 2.75) is 169 Å². The van der Waals surface area contributed by atoms with Gasteiger partial charge in [-0.3, -0.25) is 49.7 Å². The highest BCUT2D eigenvalue weighted by Gasteiger charge is 2.29. The molecular formula is C69H80N18O8. The zero-order chi connectivity index (χ0) is 68.7. The van der Waals surface area contributed by atoms with Crippen LogP contribution in [0.3, 0.4) is 0 Å². The monoisotopic (exact) mass is 1290 g/mol. The molecule has 2 aromatic carbocycles. The molecule has 26 nitrogen and oxygen atoms in total. The maximum Gasteiger partial charge on any atom is 0.344 e. The number of esters is 1. The summed E-state index contributed by atoms with van der Waals surface area (Å²) in [5, 5.41) is 24.8. The highest BCUT2D eigenvalue weighted by Crippen LogP contribution is 2.36. The Hall–Kier alpha value is -10.8. The lowest BCUT2D eigenvalue weighted by Gasteiger charge is -2.13. The van der Waals surface area contributed by atoms with E-state index < -0.39 is 5.97 Å². The van der Waals surface area contributed by atoms with E-state index in [0.717, 1.165) is 67.5 Å². The van der Waals surface area contributed by atoms with E-state index in [-0.39, 0.29) is 52.9 Å². The standard InChI is InChI=1S/C21H23N9O.C18H21N3O.C17H25N3O3.C13H11N3O3/c1-6-13-16(21(31)30-18(24-13)11(4)17(28-30)10(2)3)15-12(5)27-29-19(25-26-20(15)29)14-9-22-7-8-23-14;1-9-7-10(2)15(11(3)8-9)16-13(5)18(22)21-17(19-16)12(4)14(6)20-21;1-8(2)13-11(7)16(21)20-15(18-13)12(14(19-20)9(3)4)17(22)23-10(5)6;1-6-7(2)15-16-12(6)14-9-4-11-10(18-5-19-11)3-8(9)13(16)17/h7-10,27-28H,6H2,1-5H3;7-8,20H,1-6H3;8-10,19H,1-7H3;3-4,15H,5H2,1-2H3. The molecule has 0 amide bonds. The van der Waals surface area contributed by atoms with Crippen molar-refractivity contribution in [3.8, 4) is 45.4 Å². The Morgan fingerprint density at radius 2 is 1.11 bits per heavy atom. The summed E-state index contributed by atoms with van der Waals surface area (Å²) in [7, 11) is 0. The second-order valence-corrected chi connectivity index (χ2v) is 25.5. The van der Waals surface area contributed by atoms with E-state index in [9.17, 15) is 24.0 Å². The molecule has 14 rings (SSSR count). The molecule has 1 aliphatic heterocycles. The first-order valence-electron chi connectivity index (χ1n) is 31.7. The molecular weight excluding hydrogens is 1210 g/mol. The number of hydrogen-bond acceptors (Lipinski definition) is 16. The minimum atomic E-state index is -0.451. The summed E-state index contributed by atoms with van der Waals surface area (Å²) in [5.74, 6) is 1.68. The van der Waals surface area contributed by atoms with Crippen LogP contribution in [0.4, 0.5) is 0 Å². The van der Waals surface area contributed by atoms with E-state index in [0.29, 0.717) is 108 Å². The molecule has 0 saturated heterocycles. The molecule has 0 spiro atoms. The normalized spacial score (nSPS) is 12.1. The third-order valence-corrected chi connectivity index (χ3v) is 17.3. The fourth-order valence-corrected chi connectivity index (χ4v) is 12.3. The summed E-state index contributed by atoms with van der Waals surface area (Å²) in [6.45, 7) is 39.4. The topological polar surface area (TPSA) is 317 Å². The van der Waals surface area contributed by atoms with Gasteiger partial charge in [-0.2, -0.15) is 0 Å². The molecule has 1 aliphatic rings. The summed E-state index contributed by atoms with van der Waals surface area (Å²) in [4.78, 5) is 91.2. The Bertz CT molecular complexity index is 5440. The maximum absolute atomic E-state index is 13.7. The van der Waals surface area contributed by atoms with Gasteiger partial charge in [-0.15, -0.1) is 10.2 Å². The molecule has 13 aromatic rings. The number of ether oxygens (including phenoxy) is 3. The van der Waals surface area contributed by atoms with Crippen LogP contribution in [0.2, 0.25) is 0 Å². The Morgan fingerprint density at radius 1 is 0.537 bits per heavy atom. The Kier molecular flexibility index (Phi) is 17.5. The van der Waals surface area contributed by atoms with Crippen LogP contribution in [0, 0.1) is 76.2 Å². The quantitative estimate of drug-likeness (QED) is 0.0839. The molecule has 0 bridgehead atoms. The molecule has 494 valence electrons. The van der Waals surface area contributed by atoms with E-state index in [1.54, 1.807) is 65.0 Å². The van der Waals surface area contributed by atoms with Crippen molar-refractivity contribution in [3.63, 3.8) is 0 Å². The maximum atomic E-state index is 13.7. The predicted molar refractivity (Wildman–Crippen MR) is 364 cm³/mol. The van der Waals surface area contributed by atoms with Crippen molar-refractivity contribution >= 4 is 45.1 Å². The van der Waals surface area contributed by atoms with Crippen LogP contribution >= 0.6 is 0 Å². The Labute approximate surface area is 545 Å². The lowest BCUT2D eigenvalue weighted by atomic mass is 9.95. The largest absolute Gasteiger partial charge is 0.459 e. The lowest BCUT2D eigenvalue weighted by molar-refractivity contribution is 0.0378. The molecule has 5 N–H and O–H groups in total. The summed E-state index contributed by atoms with van der Waals surface area (Å²) < 4.78 is 23.6. The van der Waals surface area contributed by atoms with Crippen molar-refractivity contribution in [1.82, 2.24) is 88.2 Å². The van der Waals surface area contributed by atoms with Gasteiger partial charge in [-0.25, -0.2) is 52.3 Å². The van der Waals surface area contributed by atoms with Gasteiger partial charge in [0.05, 0.1) is 57.1 Å². The van der Waals surface area contributed by atoms with Crippen molar-refractivity contribution in [3.05, 3.63) is 174 Å². The second kappa shape index (κ2) is 25.3. The highest BCUT2D eigenvalue weighted by atomic mass is 16.7. The first kappa shape index (κ1) is 65.7. The van der Waals surface area contributed by atoms with Crippen LogP contribution in [-0.4, -0.2) is 107 Å². The molecule has 11 aromatic heterocycles. The molecule has 0 unspecified atom stereocenters. The van der Waals surface area contributed by atoms with Crippen LogP contribution in [0.25, 0.3) is 73.0 Å². The van der Waals surface area contributed by atoms with Gasteiger partial charge in [0.25, 0.3) is 22.2 Å². The summed E-state index contributed by atoms with van der Waals surface area (Å²) in [6.07, 6.45) is 5.21. The molecule has 0 aliphatic carbocycles. The van der Waals surface area contributed by atoms with Crippen LogP contribution < -0.4 is 31.7 Å². The Morgan fingerprint density at radius 3 is 1.71 bits per heavy atom. The number of carbonyl (C=O) groups excluding carboxylic acids is 1. The summed E-state index contributed by atoms with van der Waals surface area (Å²) in [5.41, 5.74) is 20.7. The van der Waals surface area contributed by atoms with Crippen LogP contribution in [0.15, 0.2) is 62.0 Å². The molecule has 0 fully saturated rings. The van der Waals surface area contributed by atoms with Gasteiger partial charge < -0.3 is 14.2 Å². The van der Waals surface area contributed by atoms with Crippen molar-refractivity contribution < 1.29 is 19.0 Å². The fraction of sp³-hybridized carbons (Fsp3) is 0.377. The van der Waals surface area contributed by atoms with E-state index in [4.69, 9.17) is 24.2 Å². The number of rotatable bonds is 9. The second-order valence-electron chi connectivity index (χ2n) is 25.5. The number of carbonyl (C=O) groups is 1. The molecule has 26 heteroatoms. The van der Waals surface area contributed by atoms with Crippen molar-refractivity contribution in [1.29, 1.82) is 0 Å². The van der Waals surface area contributed by atoms with Gasteiger partial charge in [0, 0.05) is 74.6 Å². The predicted octanol–water partition coefficient (Wildman–Crippen LogP) is 11.0. The number of hydrogen-bond donors (Lipinski definition) is 5. The molecule has 95 heavy (non-hydrogen) atoms. The van der Waals surface area contributed by atoms with Gasteiger partial charge in [0.1, 0.15) is 11.3 Å². The minimum Gasteiger partial charge on any atom is -0.459 e. The van der Waals surface area contributed by atoms with Gasteiger partial charge in [0.2, 0.25) is 12.6 Å². The molecule has 0 saturated carbocycles. The third-order valence-electron chi connectivity index (χ3n) is 17.3. The number of nitrogens with one attached hydrogen (secondary N) is 5. The van der Waals surface area contributed by atoms with Gasteiger partial charge >= 0.3 is 5.97 Å². The Balaban J connectivity index is 0.000000131. The van der Waals surface area contributed by atoms with Gasteiger partial charge in [-0.05, 0) is 131 Å². The average Bonchev–Trinajstić information content (AvgIpc) is 1.62.